The SMILES string of the molecule is Brc1cc(-c2ccc3c(c2Br)c2ccccc2n3-c2ccccc2)nc(Br)n1. The van der Waals surface area contributed by atoms with E-state index in [0.29, 0.717) is 4.73 Å². The molecule has 6 heteroatoms. The van der Waals surface area contributed by atoms with Crippen molar-refractivity contribution in [1.29, 1.82) is 0 Å². The Hall–Kier alpha value is -2.02. The third-order valence-electron chi connectivity index (χ3n) is 4.73. The molecule has 0 saturated carbocycles. The highest BCUT2D eigenvalue weighted by Crippen LogP contribution is 2.41. The Morgan fingerprint density at radius 2 is 1.46 bits per heavy atom. The summed E-state index contributed by atoms with van der Waals surface area (Å²) in [6.07, 6.45) is 0. The van der Waals surface area contributed by atoms with Crippen molar-refractivity contribution in [3.8, 4) is 16.9 Å². The predicted molar refractivity (Wildman–Crippen MR) is 125 cm³/mol. The van der Waals surface area contributed by atoms with Crippen LogP contribution in [0, 0.1) is 0 Å². The Kier molecular flexibility index (Phi) is 4.57. The molecule has 0 amide bonds. The van der Waals surface area contributed by atoms with Gasteiger partial charge in [0.15, 0.2) is 4.73 Å². The monoisotopic (exact) mass is 555 g/mol. The van der Waals surface area contributed by atoms with E-state index in [1.165, 1.54) is 16.3 Å². The molecule has 0 unspecified atom stereocenters. The molecule has 0 aliphatic carbocycles. The van der Waals surface area contributed by atoms with E-state index in [1.807, 2.05) is 12.1 Å². The maximum Gasteiger partial charge on any atom is 0.198 e. The normalized spacial score (nSPS) is 11.4. The quantitative estimate of drug-likeness (QED) is 0.166. The maximum atomic E-state index is 4.56. The first-order chi connectivity index (χ1) is 13.6. The van der Waals surface area contributed by atoms with Gasteiger partial charge in [0, 0.05) is 26.5 Å². The molecule has 0 spiro atoms. The smallest absolute Gasteiger partial charge is 0.198 e. The summed E-state index contributed by atoms with van der Waals surface area (Å²) in [5.41, 5.74) is 5.33. The molecule has 5 rings (SSSR count). The van der Waals surface area contributed by atoms with Crippen LogP contribution in [-0.4, -0.2) is 14.5 Å². The van der Waals surface area contributed by atoms with Crippen LogP contribution in [0.2, 0.25) is 0 Å². The van der Waals surface area contributed by atoms with Crippen LogP contribution in [0.1, 0.15) is 0 Å². The lowest BCUT2D eigenvalue weighted by atomic mass is 10.1. The number of hydrogen-bond donors (Lipinski definition) is 0. The second-order valence-electron chi connectivity index (χ2n) is 6.35. The molecule has 0 saturated heterocycles. The Bertz CT molecular complexity index is 1320. The number of halogens is 3. The summed E-state index contributed by atoms with van der Waals surface area (Å²) in [6.45, 7) is 0. The van der Waals surface area contributed by atoms with Gasteiger partial charge in [-0.1, -0.05) is 36.4 Å². The minimum Gasteiger partial charge on any atom is -0.309 e. The molecule has 0 aliphatic rings. The molecular weight excluding hydrogens is 546 g/mol. The van der Waals surface area contributed by atoms with Gasteiger partial charge < -0.3 is 4.57 Å². The lowest BCUT2D eigenvalue weighted by Crippen LogP contribution is -1.94. The summed E-state index contributed by atoms with van der Waals surface area (Å²) in [4.78, 5) is 8.80. The van der Waals surface area contributed by atoms with E-state index in [1.54, 1.807) is 0 Å². The van der Waals surface area contributed by atoms with E-state index < -0.39 is 0 Å². The fourth-order valence-electron chi connectivity index (χ4n) is 3.60. The van der Waals surface area contributed by atoms with Crippen LogP contribution in [0.15, 0.2) is 86.6 Å². The minimum atomic E-state index is 0.551. The second kappa shape index (κ2) is 7.10. The van der Waals surface area contributed by atoms with Crippen LogP contribution < -0.4 is 0 Å². The summed E-state index contributed by atoms with van der Waals surface area (Å²) in [5, 5.41) is 2.37. The van der Waals surface area contributed by atoms with Crippen molar-refractivity contribution in [3.05, 3.63) is 86.6 Å². The average molecular weight is 558 g/mol. The molecule has 28 heavy (non-hydrogen) atoms. The van der Waals surface area contributed by atoms with E-state index in [9.17, 15) is 0 Å². The number of rotatable bonds is 2. The zero-order chi connectivity index (χ0) is 19.3. The van der Waals surface area contributed by atoms with Gasteiger partial charge in [-0.25, -0.2) is 9.97 Å². The van der Waals surface area contributed by atoms with Crippen LogP contribution in [0.25, 0.3) is 38.8 Å². The van der Waals surface area contributed by atoms with Gasteiger partial charge in [-0.05, 0) is 84.2 Å². The summed E-state index contributed by atoms with van der Waals surface area (Å²) in [7, 11) is 0. The third kappa shape index (κ3) is 2.91. The number of para-hydroxylation sites is 2. The highest BCUT2D eigenvalue weighted by atomic mass is 79.9. The molecule has 136 valence electrons. The molecule has 0 N–H and O–H groups in total. The van der Waals surface area contributed by atoms with Crippen LogP contribution in [0.5, 0.6) is 0 Å². The van der Waals surface area contributed by atoms with Crippen molar-refractivity contribution in [2.75, 3.05) is 0 Å². The minimum absolute atomic E-state index is 0.551. The van der Waals surface area contributed by atoms with Crippen molar-refractivity contribution in [3.63, 3.8) is 0 Å². The fraction of sp³-hybridized carbons (Fsp3) is 0. The first-order valence-corrected chi connectivity index (χ1v) is 11.0. The molecule has 0 bridgehead atoms. The molecule has 3 nitrogen and oxygen atoms in total. The van der Waals surface area contributed by atoms with Crippen molar-refractivity contribution in [2.45, 2.75) is 0 Å². The fourth-order valence-corrected chi connectivity index (χ4v) is 5.36. The second-order valence-corrected chi connectivity index (χ2v) is 8.67. The highest BCUT2D eigenvalue weighted by molar-refractivity contribution is 9.11. The Labute approximate surface area is 186 Å². The van der Waals surface area contributed by atoms with Gasteiger partial charge in [0.1, 0.15) is 4.60 Å². The zero-order valence-corrected chi connectivity index (χ0v) is 19.2. The first kappa shape index (κ1) is 18.0. The highest BCUT2D eigenvalue weighted by Gasteiger charge is 2.18. The lowest BCUT2D eigenvalue weighted by molar-refractivity contribution is 1.09. The van der Waals surface area contributed by atoms with Gasteiger partial charge >= 0.3 is 0 Å². The average Bonchev–Trinajstić information content (AvgIpc) is 3.03. The summed E-state index contributed by atoms with van der Waals surface area (Å²) < 4.78 is 4.61. The van der Waals surface area contributed by atoms with Gasteiger partial charge in [0.25, 0.3) is 0 Å². The van der Waals surface area contributed by atoms with Crippen molar-refractivity contribution in [1.82, 2.24) is 14.5 Å². The van der Waals surface area contributed by atoms with E-state index in [-0.39, 0.29) is 0 Å². The van der Waals surface area contributed by atoms with E-state index in [2.05, 4.69) is 123 Å². The van der Waals surface area contributed by atoms with Gasteiger partial charge in [-0.15, -0.1) is 0 Å². The molecule has 2 aromatic heterocycles. The molecule has 0 aliphatic heterocycles. The van der Waals surface area contributed by atoms with Crippen LogP contribution >= 0.6 is 47.8 Å². The van der Waals surface area contributed by atoms with Gasteiger partial charge in [0.2, 0.25) is 0 Å². The molecule has 0 atom stereocenters. The number of hydrogen-bond acceptors (Lipinski definition) is 2. The van der Waals surface area contributed by atoms with Gasteiger partial charge in [-0.2, -0.15) is 0 Å². The van der Waals surface area contributed by atoms with Crippen molar-refractivity contribution >= 4 is 69.6 Å². The molecular formula is C22H12Br3N3. The van der Waals surface area contributed by atoms with E-state index in [0.717, 1.165) is 31.5 Å². The number of aromatic nitrogens is 3. The largest absolute Gasteiger partial charge is 0.309 e. The van der Waals surface area contributed by atoms with Crippen molar-refractivity contribution < 1.29 is 0 Å². The molecule has 0 fully saturated rings. The zero-order valence-electron chi connectivity index (χ0n) is 14.4. The van der Waals surface area contributed by atoms with E-state index >= 15 is 0 Å². The molecule has 5 aromatic rings. The molecule has 0 radical (unpaired) electrons. The summed E-state index contributed by atoms with van der Waals surface area (Å²) in [6, 6.07) is 25.1. The van der Waals surface area contributed by atoms with Gasteiger partial charge in [0.05, 0.1) is 16.7 Å². The number of benzene rings is 3. The lowest BCUT2D eigenvalue weighted by Gasteiger charge is -2.09. The topological polar surface area (TPSA) is 30.7 Å². The third-order valence-corrected chi connectivity index (χ3v) is 6.32. The van der Waals surface area contributed by atoms with Crippen LogP contribution in [-0.2, 0) is 0 Å². The number of nitrogens with zero attached hydrogens (tertiary/aromatic N) is 3. The van der Waals surface area contributed by atoms with E-state index in [4.69, 9.17) is 0 Å². The maximum absolute atomic E-state index is 4.56. The van der Waals surface area contributed by atoms with Crippen LogP contribution in [0.4, 0.5) is 0 Å². The summed E-state index contributed by atoms with van der Waals surface area (Å²) in [5.74, 6) is 0. The Morgan fingerprint density at radius 1 is 0.714 bits per heavy atom. The first-order valence-electron chi connectivity index (χ1n) is 8.61. The van der Waals surface area contributed by atoms with Crippen molar-refractivity contribution in [2.24, 2.45) is 0 Å². The predicted octanol–water partition coefficient (Wildman–Crippen LogP) is 7.53. The Balaban J connectivity index is 1.89. The standard InChI is InChI=1S/C22H12Br3N3/c23-19-12-16(26-22(25)27-19)14-10-11-18-20(21(14)24)15-8-4-5-9-17(15)28(18)13-6-2-1-3-7-13/h1-12H. The summed E-state index contributed by atoms with van der Waals surface area (Å²) >= 11 is 10.7. The van der Waals surface area contributed by atoms with Crippen LogP contribution in [0.3, 0.4) is 0 Å². The molecule has 3 aromatic carbocycles. The van der Waals surface area contributed by atoms with Gasteiger partial charge in [-0.3, -0.25) is 0 Å². The molecule has 2 heterocycles. The number of fused-ring (bicyclic) bond motifs is 3. The Morgan fingerprint density at radius 3 is 2.25 bits per heavy atom.